The Morgan fingerprint density at radius 1 is 1.22 bits per heavy atom. The molecule has 3 nitrogen and oxygen atoms in total. The predicted molar refractivity (Wildman–Crippen MR) is 66.2 cm³/mol. The first-order valence-corrected chi connectivity index (χ1v) is 7.29. The van der Waals surface area contributed by atoms with Crippen LogP contribution in [0.1, 0.15) is 25.3 Å². The number of alkyl halides is 2. The minimum atomic E-state index is -4.50. The number of nitrogens with two attached hydrogens (primary N) is 1. The maximum absolute atomic E-state index is 12.3. The first-order chi connectivity index (χ1) is 8.37. The van der Waals surface area contributed by atoms with Crippen LogP contribution in [-0.2, 0) is 16.3 Å². The van der Waals surface area contributed by atoms with Gasteiger partial charge in [0.2, 0.25) is 9.84 Å². The number of benzene rings is 1. The lowest BCUT2D eigenvalue weighted by atomic mass is 10.0. The zero-order valence-electron chi connectivity index (χ0n) is 10.1. The van der Waals surface area contributed by atoms with E-state index in [1.54, 1.807) is 0 Å². The molecule has 0 saturated carbocycles. The van der Waals surface area contributed by atoms with Crippen molar-refractivity contribution in [2.24, 2.45) is 5.73 Å². The summed E-state index contributed by atoms with van der Waals surface area (Å²) < 4.78 is 47.0. The second-order valence-corrected chi connectivity index (χ2v) is 6.12. The highest BCUT2D eigenvalue weighted by Gasteiger charge is 2.26. The quantitative estimate of drug-likeness (QED) is 0.868. The van der Waals surface area contributed by atoms with Gasteiger partial charge in [0.15, 0.2) is 0 Å². The molecule has 0 amide bonds. The smallest absolute Gasteiger partial charge is 0.327 e. The summed E-state index contributed by atoms with van der Waals surface area (Å²) in [5.74, 6) is -3.38. The third-order valence-corrected chi connectivity index (χ3v) is 4.04. The molecule has 6 heteroatoms. The number of halogens is 2. The van der Waals surface area contributed by atoms with Crippen LogP contribution in [0.15, 0.2) is 29.2 Å². The standard InChI is InChI=1S/C12H17F2NO2S/c1-2-3-10(15)8-9-4-6-11(7-5-9)18(16,17)12(13)14/h4-7,10,12H,2-3,8,15H2,1H3. The van der Waals surface area contributed by atoms with Crippen LogP contribution in [0.25, 0.3) is 0 Å². The van der Waals surface area contributed by atoms with E-state index in [-0.39, 0.29) is 10.9 Å². The number of hydrogen-bond acceptors (Lipinski definition) is 3. The van der Waals surface area contributed by atoms with Crippen molar-refractivity contribution in [3.63, 3.8) is 0 Å². The fourth-order valence-corrected chi connectivity index (χ4v) is 2.41. The lowest BCUT2D eigenvalue weighted by Crippen LogP contribution is -2.22. The van der Waals surface area contributed by atoms with Gasteiger partial charge in [0, 0.05) is 6.04 Å². The second kappa shape index (κ2) is 6.24. The largest absolute Gasteiger partial charge is 0.341 e. The normalized spacial score (nSPS) is 13.8. The molecular formula is C12H17F2NO2S. The summed E-state index contributed by atoms with van der Waals surface area (Å²) in [6.07, 6.45) is 2.46. The molecule has 0 radical (unpaired) electrons. The molecule has 0 spiro atoms. The van der Waals surface area contributed by atoms with Gasteiger partial charge in [0.05, 0.1) is 4.90 Å². The highest BCUT2D eigenvalue weighted by molar-refractivity contribution is 7.91. The molecule has 1 rings (SSSR count). The van der Waals surface area contributed by atoms with Gasteiger partial charge in [0.1, 0.15) is 0 Å². The minimum absolute atomic E-state index is 0.00700. The summed E-state index contributed by atoms with van der Waals surface area (Å²) in [7, 11) is -4.50. The van der Waals surface area contributed by atoms with Crippen LogP contribution in [0.4, 0.5) is 8.78 Å². The zero-order valence-corrected chi connectivity index (χ0v) is 11.0. The Bertz CT molecular complexity index is 471. The van der Waals surface area contributed by atoms with Crippen molar-refractivity contribution in [1.29, 1.82) is 0 Å². The molecule has 1 aromatic rings. The van der Waals surface area contributed by atoms with Crippen LogP contribution in [0.5, 0.6) is 0 Å². The molecule has 102 valence electrons. The van der Waals surface area contributed by atoms with E-state index in [2.05, 4.69) is 0 Å². The average Bonchev–Trinajstić information content (AvgIpc) is 2.29. The Balaban J connectivity index is 2.81. The van der Waals surface area contributed by atoms with Crippen molar-refractivity contribution in [3.05, 3.63) is 29.8 Å². The van der Waals surface area contributed by atoms with Crippen molar-refractivity contribution in [3.8, 4) is 0 Å². The van der Waals surface area contributed by atoms with Gasteiger partial charge >= 0.3 is 5.76 Å². The van der Waals surface area contributed by atoms with Crippen LogP contribution in [0.3, 0.4) is 0 Å². The van der Waals surface area contributed by atoms with Crippen molar-refractivity contribution in [2.75, 3.05) is 0 Å². The third kappa shape index (κ3) is 3.74. The molecule has 1 unspecified atom stereocenters. The van der Waals surface area contributed by atoms with E-state index >= 15 is 0 Å². The van der Waals surface area contributed by atoms with Crippen LogP contribution >= 0.6 is 0 Å². The summed E-state index contributed by atoms with van der Waals surface area (Å²) >= 11 is 0. The Morgan fingerprint density at radius 2 is 1.78 bits per heavy atom. The molecule has 0 saturated heterocycles. The van der Waals surface area contributed by atoms with E-state index in [0.29, 0.717) is 6.42 Å². The summed E-state index contributed by atoms with van der Waals surface area (Å²) in [6, 6.07) is 5.48. The Labute approximate surface area is 106 Å². The van der Waals surface area contributed by atoms with Gasteiger partial charge in [-0.1, -0.05) is 25.5 Å². The van der Waals surface area contributed by atoms with Crippen molar-refractivity contribution >= 4 is 9.84 Å². The lowest BCUT2D eigenvalue weighted by molar-refractivity contribution is 0.234. The SMILES string of the molecule is CCCC(N)Cc1ccc(S(=O)(=O)C(F)F)cc1. The van der Waals surface area contributed by atoms with Gasteiger partial charge < -0.3 is 5.73 Å². The van der Waals surface area contributed by atoms with Gasteiger partial charge in [-0.15, -0.1) is 0 Å². The first-order valence-electron chi connectivity index (χ1n) is 5.74. The van der Waals surface area contributed by atoms with E-state index < -0.39 is 15.6 Å². The monoisotopic (exact) mass is 277 g/mol. The Morgan fingerprint density at radius 3 is 2.22 bits per heavy atom. The molecule has 0 aliphatic carbocycles. The minimum Gasteiger partial charge on any atom is -0.327 e. The van der Waals surface area contributed by atoms with Gasteiger partial charge in [-0.05, 0) is 30.5 Å². The molecule has 0 fully saturated rings. The highest BCUT2D eigenvalue weighted by atomic mass is 32.2. The Hall–Kier alpha value is -1.01. The summed E-state index contributed by atoms with van der Waals surface area (Å²) in [5.41, 5.74) is 6.70. The van der Waals surface area contributed by atoms with Crippen molar-refractivity contribution in [1.82, 2.24) is 0 Å². The average molecular weight is 277 g/mol. The first kappa shape index (κ1) is 15.0. The summed E-state index contributed by atoms with van der Waals surface area (Å²) in [4.78, 5) is -0.356. The molecule has 0 aliphatic heterocycles. The number of hydrogen-bond donors (Lipinski definition) is 1. The predicted octanol–water partition coefficient (Wildman–Crippen LogP) is 2.35. The molecule has 1 aromatic carbocycles. The number of sulfone groups is 1. The molecule has 0 bridgehead atoms. The molecule has 2 N–H and O–H groups in total. The maximum atomic E-state index is 12.3. The molecule has 18 heavy (non-hydrogen) atoms. The highest BCUT2D eigenvalue weighted by Crippen LogP contribution is 2.19. The van der Waals surface area contributed by atoms with Crippen molar-refractivity contribution < 1.29 is 17.2 Å². The zero-order chi connectivity index (χ0) is 13.8. The third-order valence-electron chi connectivity index (χ3n) is 2.64. The van der Waals surface area contributed by atoms with Gasteiger partial charge in [0.25, 0.3) is 0 Å². The van der Waals surface area contributed by atoms with Crippen LogP contribution in [-0.4, -0.2) is 20.2 Å². The van der Waals surface area contributed by atoms with Crippen LogP contribution in [0, 0.1) is 0 Å². The fourth-order valence-electron chi connectivity index (χ4n) is 1.69. The van der Waals surface area contributed by atoms with E-state index in [1.807, 2.05) is 6.92 Å². The van der Waals surface area contributed by atoms with Crippen LogP contribution < -0.4 is 5.73 Å². The Kier molecular flexibility index (Phi) is 5.22. The molecule has 0 aromatic heterocycles. The van der Waals surface area contributed by atoms with Gasteiger partial charge in [-0.25, -0.2) is 8.42 Å². The van der Waals surface area contributed by atoms with Gasteiger partial charge in [-0.3, -0.25) is 0 Å². The van der Waals surface area contributed by atoms with E-state index in [0.717, 1.165) is 18.4 Å². The topological polar surface area (TPSA) is 60.2 Å². The number of rotatable bonds is 6. The van der Waals surface area contributed by atoms with Crippen LogP contribution in [0.2, 0.25) is 0 Å². The summed E-state index contributed by atoms with van der Waals surface area (Å²) in [6.45, 7) is 2.03. The molecular weight excluding hydrogens is 260 g/mol. The maximum Gasteiger partial charge on any atom is 0.341 e. The van der Waals surface area contributed by atoms with E-state index in [1.165, 1.54) is 24.3 Å². The molecule has 0 aliphatic rings. The molecule has 1 atom stereocenters. The van der Waals surface area contributed by atoms with E-state index in [4.69, 9.17) is 5.73 Å². The van der Waals surface area contributed by atoms with Gasteiger partial charge in [-0.2, -0.15) is 8.78 Å². The van der Waals surface area contributed by atoms with E-state index in [9.17, 15) is 17.2 Å². The van der Waals surface area contributed by atoms with Crippen molar-refractivity contribution in [2.45, 2.75) is 42.9 Å². The second-order valence-electron chi connectivity index (χ2n) is 4.20. The lowest BCUT2D eigenvalue weighted by Gasteiger charge is -2.10. The summed E-state index contributed by atoms with van der Waals surface area (Å²) in [5, 5.41) is 0. The molecule has 0 heterocycles. The fraction of sp³-hybridized carbons (Fsp3) is 0.500.